The Morgan fingerprint density at radius 3 is 1.47 bits per heavy atom. The molecule has 0 bridgehead atoms. The van der Waals surface area contributed by atoms with Crippen molar-refractivity contribution in [1.82, 2.24) is 0 Å². The Bertz CT molecular complexity index is 1180. The minimum absolute atomic E-state index is 0.0877. The van der Waals surface area contributed by atoms with Crippen LogP contribution >= 0.6 is 7.82 Å². The van der Waals surface area contributed by atoms with Crippen LogP contribution in [0.15, 0.2) is 48.6 Å². The van der Waals surface area contributed by atoms with Gasteiger partial charge in [-0.05, 0) is 77.0 Å². The molecule has 1 saturated carbocycles. The summed E-state index contributed by atoms with van der Waals surface area (Å²) in [6.45, 7) is 4.18. The molecule has 0 saturated heterocycles. The van der Waals surface area contributed by atoms with E-state index >= 15 is 0 Å². The Morgan fingerprint density at radius 2 is 0.933 bits per heavy atom. The Kier molecular flexibility index (Phi) is 35.5. The Balaban J connectivity index is 2.39. The molecule has 350 valence electrons. The van der Waals surface area contributed by atoms with Gasteiger partial charge in [0.25, 0.3) is 0 Å². The van der Waals surface area contributed by atoms with Crippen molar-refractivity contribution in [2.75, 3.05) is 19.8 Å². The first-order chi connectivity index (χ1) is 29.0. The summed E-state index contributed by atoms with van der Waals surface area (Å²) in [5.41, 5.74) is 0. The van der Waals surface area contributed by atoms with Gasteiger partial charge in [0.15, 0.2) is 0 Å². The van der Waals surface area contributed by atoms with Gasteiger partial charge >= 0.3 is 13.8 Å². The van der Waals surface area contributed by atoms with Gasteiger partial charge < -0.3 is 39.9 Å². The predicted molar refractivity (Wildman–Crippen MR) is 239 cm³/mol. The number of phosphoric ester groups is 1. The molecule has 0 aromatic heterocycles. The third-order valence-corrected chi connectivity index (χ3v) is 11.7. The molecule has 60 heavy (non-hydrogen) atoms. The van der Waals surface area contributed by atoms with Crippen LogP contribution in [0.5, 0.6) is 0 Å². The lowest BCUT2D eigenvalue weighted by Gasteiger charge is -2.41. The summed E-state index contributed by atoms with van der Waals surface area (Å²) in [6, 6.07) is 0. The standard InChI is InChI=1S/C47H85O12P/c1-3-5-7-9-11-13-15-17-18-19-20-21-22-23-25-27-29-31-33-35-37-56-38-40(39-57-60(54,55)59-47-45(52)43(50)42(49)44(51)46(47)53)58-41(48)36-34-32-30-28-26-24-16-14-12-10-8-6-4-2/h11,13-14,16-18,20-21,40,42-47,49-53H,3-10,12,15,19,22-39H2,1-2H3,(H,54,55)/b13-11-,16-14-,18-17-,21-20-. The van der Waals surface area contributed by atoms with Gasteiger partial charge in [-0.1, -0.05) is 146 Å². The van der Waals surface area contributed by atoms with Gasteiger partial charge in [-0.25, -0.2) is 4.57 Å². The summed E-state index contributed by atoms with van der Waals surface area (Å²) < 4.78 is 34.2. The Hall–Kier alpha value is -1.70. The number of hydrogen-bond acceptors (Lipinski definition) is 11. The molecule has 1 aliphatic carbocycles. The first-order valence-electron chi connectivity index (χ1n) is 23.5. The maximum absolute atomic E-state index is 12.8. The van der Waals surface area contributed by atoms with Gasteiger partial charge in [-0.15, -0.1) is 0 Å². The summed E-state index contributed by atoms with van der Waals surface area (Å²) in [7, 11) is -5.02. The van der Waals surface area contributed by atoms with Crippen molar-refractivity contribution >= 4 is 13.8 Å². The third-order valence-electron chi connectivity index (χ3n) is 10.7. The zero-order valence-electron chi connectivity index (χ0n) is 37.2. The molecule has 0 aromatic rings. The fraction of sp³-hybridized carbons (Fsp3) is 0.809. The molecular weight excluding hydrogens is 787 g/mol. The van der Waals surface area contributed by atoms with Crippen molar-refractivity contribution in [2.24, 2.45) is 0 Å². The monoisotopic (exact) mass is 873 g/mol. The summed E-state index contributed by atoms with van der Waals surface area (Å²) in [6.07, 6.45) is 33.2. The first-order valence-corrected chi connectivity index (χ1v) is 25.0. The molecular formula is C47H85O12P. The lowest BCUT2D eigenvalue weighted by atomic mass is 9.85. The summed E-state index contributed by atoms with van der Waals surface area (Å²) in [5.74, 6) is -0.492. The van der Waals surface area contributed by atoms with Crippen LogP contribution in [0, 0.1) is 0 Å². The van der Waals surface area contributed by atoms with Crippen LogP contribution in [0.25, 0.3) is 0 Å². The van der Waals surface area contributed by atoms with E-state index in [1.54, 1.807) is 0 Å². The number of rotatable bonds is 39. The molecule has 0 aliphatic heterocycles. The van der Waals surface area contributed by atoms with Crippen LogP contribution in [0.1, 0.15) is 181 Å². The highest BCUT2D eigenvalue weighted by atomic mass is 31.2. The number of ether oxygens (including phenoxy) is 2. The van der Waals surface area contributed by atoms with Crippen LogP contribution in [0.4, 0.5) is 0 Å². The van der Waals surface area contributed by atoms with Gasteiger partial charge in [0.1, 0.15) is 42.7 Å². The highest BCUT2D eigenvalue weighted by Gasteiger charge is 2.51. The van der Waals surface area contributed by atoms with E-state index in [4.69, 9.17) is 18.5 Å². The highest BCUT2D eigenvalue weighted by Crippen LogP contribution is 2.47. The van der Waals surface area contributed by atoms with Gasteiger partial charge in [-0.3, -0.25) is 13.8 Å². The lowest BCUT2D eigenvalue weighted by Crippen LogP contribution is -2.64. The molecule has 0 spiro atoms. The summed E-state index contributed by atoms with van der Waals surface area (Å²) >= 11 is 0. The highest BCUT2D eigenvalue weighted by molar-refractivity contribution is 7.47. The van der Waals surface area contributed by atoms with Crippen molar-refractivity contribution in [3.63, 3.8) is 0 Å². The molecule has 1 aliphatic rings. The molecule has 0 aromatic carbocycles. The van der Waals surface area contributed by atoms with E-state index < -0.39 is 63.1 Å². The minimum Gasteiger partial charge on any atom is -0.457 e. The smallest absolute Gasteiger partial charge is 0.457 e. The molecule has 6 atom stereocenters. The zero-order chi connectivity index (χ0) is 44.1. The molecule has 6 unspecified atom stereocenters. The van der Waals surface area contributed by atoms with Crippen LogP contribution in [-0.4, -0.2) is 98.9 Å². The number of esters is 1. The zero-order valence-corrected chi connectivity index (χ0v) is 38.1. The van der Waals surface area contributed by atoms with Gasteiger partial charge in [0.2, 0.25) is 0 Å². The van der Waals surface area contributed by atoms with Crippen LogP contribution in [-0.2, 0) is 27.9 Å². The number of aliphatic hydroxyl groups excluding tert-OH is 5. The number of phosphoric acid groups is 1. The number of allylic oxidation sites excluding steroid dienone is 8. The first kappa shape index (κ1) is 56.3. The topological polar surface area (TPSA) is 192 Å². The fourth-order valence-corrected chi connectivity index (χ4v) is 7.86. The van der Waals surface area contributed by atoms with Crippen LogP contribution < -0.4 is 0 Å². The van der Waals surface area contributed by atoms with Gasteiger partial charge in [-0.2, -0.15) is 0 Å². The summed E-state index contributed by atoms with van der Waals surface area (Å²) in [5, 5.41) is 50.2. The van der Waals surface area contributed by atoms with E-state index in [0.29, 0.717) is 13.0 Å². The number of hydrogen-bond donors (Lipinski definition) is 6. The van der Waals surface area contributed by atoms with Crippen LogP contribution in [0.2, 0.25) is 0 Å². The van der Waals surface area contributed by atoms with Crippen molar-refractivity contribution < 1.29 is 58.3 Å². The SMILES string of the molecule is CCCCC/C=C\C/C=C\C/C=C\CCCCCCCCCOCC(COP(=O)(O)OC1C(O)C(O)C(O)C(O)C1O)OC(=O)CCCCCCC/C=C\CCCCCC. The third kappa shape index (κ3) is 29.6. The van der Waals surface area contributed by atoms with Crippen molar-refractivity contribution in [1.29, 1.82) is 0 Å². The fourth-order valence-electron chi connectivity index (χ4n) is 6.89. The second kappa shape index (κ2) is 37.8. The Morgan fingerprint density at radius 1 is 0.533 bits per heavy atom. The predicted octanol–water partition coefficient (Wildman–Crippen LogP) is 9.64. The number of carbonyl (C=O) groups excluding carboxylic acids is 1. The molecule has 1 fully saturated rings. The molecule has 12 nitrogen and oxygen atoms in total. The van der Waals surface area contributed by atoms with Crippen LogP contribution in [0.3, 0.4) is 0 Å². The number of carbonyl (C=O) groups is 1. The average Bonchev–Trinajstić information content (AvgIpc) is 3.23. The average molecular weight is 873 g/mol. The summed E-state index contributed by atoms with van der Waals surface area (Å²) in [4.78, 5) is 23.1. The lowest BCUT2D eigenvalue weighted by molar-refractivity contribution is -0.220. The quantitative estimate of drug-likeness (QED) is 0.0149. The maximum Gasteiger partial charge on any atom is 0.472 e. The van der Waals surface area contributed by atoms with Crippen molar-refractivity contribution in [3.8, 4) is 0 Å². The molecule has 1 rings (SSSR count). The second-order valence-electron chi connectivity index (χ2n) is 16.2. The normalized spacial score (nSPS) is 22.7. The van der Waals surface area contributed by atoms with Gasteiger partial charge in [0, 0.05) is 13.0 Å². The molecule has 6 N–H and O–H groups in total. The number of unbranched alkanes of at least 4 members (excludes halogenated alkanes) is 19. The molecule has 0 radical (unpaired) electrons. The largest absolute Gasteiger partial charge is 0.472 e. The van der Waals surface area contributed by atoms with E-state index in [2.05, 4.69) is 62.5 Å². The van der Waals surface area contributed by atoms with E-state index in [0.717, 1.165) is 83.5 Å². The number of aliphatic hydroxyl groups is 5. The Labute approximate surface area is 363 Å². The minimum atomic E-state index is -5.02. The second-order valence-corrected chi connectivity index (χ2v) is 17.7. The van der Waals surface area contributed by atoms with E-state index in [1.165, 1.54) is 70.6 Å². The van der Waals surface area contributed by atoms with E-state index in [9.17, 15) is 39.8 Å². The molecule has 0 heterocycles. The van der Waals surface area contributed by atoms with Crippen molar-refractivity contribution in [3.05, 3.63) is 48.6 Å². The molecule has 0 amide bonds. The van der Waals surface area contributed by atoms with E-state index in [1.807, 2.05) is 0 Å². The van der Waals surface area contributed by atoms with Gasteiger partial charge in [0.05, 0.1) is 13.2 Å². The maximum atomic E-state index is 12.8. The molecule has 13 heteroatoms. The van der Waals surface area contributed by atoms with Crippen molar-refractivity contribution in [2.45, 2.75) is 224 Å². The van der Waals surface area contributed by atoms with E-state index in [-0.39, 0.29) is 13.0 Å².